The molecule has 0 saturated carbocycles. The molecule has 0 aromatic carbocycles. The topological polar surface area (TPSA) is 49.2 Å². The highest BCUT2D eigenvalue weighted by atomic mass is 16.7. The van der Waals surface area contributed by atoms with E-state index < -0.39 is 0 Å². The molecular weight excluding hydrogens is 230 g/mol. The van der Waals surface area contributed by atoms with E-state index in [1.165, 1.54) is 12.5 Å². The normalized spacial score (nSPS) is 14.5. The molecule has 0 radical (unpaired) electrons. The van der Waals surface area contributed by atoms with Crippen molar-refractivity contribution in [2.45, 2.75) is 19.6 Å². The number of hydrogen-bond acceptors (Lipinski definition) is 4. The van der Waals surface area contributed by atoms with E-state index in [0.717, 1.165) is 23.5 Å². The lowest BCUT2D eigenvalue weighted by Crippen LogP contribution is -2.05. The van der Waals surface area contributed by atoms with Crippen molar-refractivity contribution in [3.63, 3.8) is 0 Å². The Labute approximate surface area is 105 Å². The van der Waals surface area contributed by atoms with Crippen LogP contribution in [0.15, 0.2) is 43.1 Å². The molecule has 0 amide bonds. The van der Waals surface area contributed by atoms with Gasteiger partial charge in [-0.25, -0.2) is 9.67 Å². The predicted molar refractivity (Wildman–Crippen MR) is 64.8 cm³/mol. The Bertz CT molecular complexity index is 552. The molecule has 5 heteroatoms. The molecule has 0 unspecified atom stereocenters. The van der Waals surface area contributed by atoms with Crippen molar-refractivity contribution >= 4 is 0 Å². The second-order valence-electron chi connectivity index (χ2n) is 3.91. The molecule has 0 saturated heterocycles. The lowest BCUT2D eigenvalue weighted by molar-refractivity contribution is -0.0248. The van der Waals surface area contributed by atoms with Crippen molar-refractivity contribution in [2.24, 2.45) is 0 Å². The Morgan fingerprint density at radius 1 is 1.22 bits per heavy atom. The smallest absolute Gasteiger partial charge is 0.267 e. The van der Waals surface area contributed by atoms with Crippen LogP contribution in [0.25, 0.3) is 5.82 Å². The molecule has 3 rings (SSSR count). The maximum absolute atomic E-state index is 5.25. The fourth-order valence-electron chi connectivity index (χ4n) is 1.86. The van der Waals surface area contributed by atoms with Crippen molar-refractivity contribution in [1.82, 2.24) is 14.8 Å². The molecule has 3 heterocycles. The predicted octanol–water partition coefficient (Wildman–Crippen LogP) is 2.35. The van der Waals surface area contributed by atoms with Crippen molar-refractivity contribution in [3.05, 3.63) is 54.4 Å². The van der Waals surface area contributed by atoms with Gasteiger partial charge in [0.1, 0.15) is 12.5 Å². The summed E-state index contributed by atoms with van der Waals surface area (Å²) in [6, 6.07) is 5.83. The van der Waals surface area contributed by atoms with Crippen molar-refractivity contribution in [1.29, 1.82) is 0 Å². The molecule has 0 bridgehead atoms. The van der Waals surface area contributed by atoms with E-state index in [0.29, 0.717) is 0 Å². The van der Waals surface area contributed by atoms with E-state index in [4.69, 9.17) is 9.47 Å². The van der Waals surface area contributed by atoms with E-state index in [1.807, 2.05) is 22.9 Å². The zero-order chi connectivity index (χ0) is 12.4. The summed E-state index contributed by atoms with van der Waals surface area (Å²) in [5.74, 6) is 0.798. The molecule has 92 valence electrons. The first-order valence-corrected chi connectivity index (χ1v) is 5.83. The molecule has 2 aromatic heterocycles. The van der Waals surface area contributed by atoms with Crippen LogP contribution in [-0.2, 0) is 15.9 Å². The lowest BCUT2D eigenvalue weighted by Gasteiger charge is -2.11. The standard InChI is InChI=1S/C13H13N3O2/c1-2-11-5-6-15-16(11)12-4-3-10(9-14-12)13-17-7-8-18-13/h3-9,13H,2H2,1H3. The van der Waals surface area contributed by atoms with Crippen molar-refractivity contribution in [2.75, 3.05) is 0 Å². The van der Waals surface area contributed by atoms with Gasteiger partial charge in [-0.05, 0) is 24.6 Å². The summed E-state index contributed by atoms with van der Waals surface area (Å²) in [5, 5.41) is 4.26. The number of hydrogen-bond donors (Lipinski definition) is 0. The van der Waals surface area contributed by atoms with Crippen molar-refractivity contribution in [3.8, 4) is 5.82 Å². The van der Waals surface area contributed by atoms with Gasteiger partial charge in [-0.1, -0.05) is 6.92 Å². The molecule has 0 N–H and O–H groups in total. The van der Waals surface area contributed by atoms with Crippen LogP contribution in [-0.4, -0.2) is 14.8 Å². The molecule has 2 aromatic rings. The van der Waals surface area contributed by atoms with E-state index >= 15 is 0 Å². The van der Waals surface area contributed by atoms with Crippen LogP contribution >= 0.6 is 0 Å². The van der Waals surface area contributed by atoms with Crippen LogP contribution in [0.3, 0.4) is 0 Å². The first-order valence-electron chi connectivity index (χ1n) is 5.83. The zero-order valence-electron chi connectivity index (χ0n) is 9.98. The van der Waals surface area contributed by atoms with Crippen LogP contribution in [0, 0.1) is 0 Å². The SMILES string of the molecule is CCc1ccnn1-c1ccc(C2OC=CO2)cn1. The minimum atomic E-state index is -0.380. The van der Waals surface area contributed by atoms with Gasteiger partial charge in [0.2, 0.25) is 0 Å². The highest BCUT2D eigenvalue weighted by molar-refractivity contribution is 5.27. The number of pyridine rings is 1. The minimum absolute atomic E-state index is 0.380. The monoisotopic (exact) mass is 243 g/mol. The average Bonchev–Trinajstić information content (AvgIpc) is 3.10. The van der Waals surface area contributed by atoms with E-state index in [1.54, 1.807) is 12.4 Å². The number of ether oxygens (including phenoxy) is 2. The molecular formula is C13H13N3O2. The summed E-state index contributed by atoms with van der Waals surface area (Å²) >= 11 is 0. The number of aryl methyl sites for hydroxylation is 1. The minimum Gasteiger partial charge on any atom is -0.455 e. The summed E-state index contributed by atoms with van der Waals surface area (Å²) in [7, 11) is 0. The highest BCUT2D eigenvalue weighted by Gasteiger charge is 2.16. The van der Waals surface area contributed by atoms with Gasteiger partial charge >= 0.3 is 0 Å². The number of nitrogens with zero attached hydrogens (tertiary/aromatic N) is 3. The lowest BCUT2D eigenvalue weighted by atomic mass is 10.2. The molecule has 1 aliphatic rings. The van der Waals surface area contributed by atoms with Gasteiger partial charge in [-0.3, -0.25) is 0 Å². The van der Waals surface area contributed by atoms with Crippen LogP contribution in [0.5, 0.6) is 0 Å². The maximum atomic E-state index is 5.25. The summed E-state index contributed by atoms with van der Waals surface area (Å²) < 4.78 is 12.3. The van der Waals surface area contributed by atoms with Gasteiger partial charge < -0.3 is 9.47 Å². The zero-order valence-corrected chi connectivity index (χ0v) is 9.98. The Hall–Kier alpha value is -2.30. The second-order valence-corrected chi connectivity index (χ2v) is 3.91. The molecule has 5 nitrogen and oxygen atoms in total. The van der Waals surface area contributed by atoms with Gasteiger partial charge in [-0.2, -0.15) is 5.10 Å². The van der Waals surface area contributed by atoms with Crippen LogP contribution in [0.1, 0.15) is 24.5 Å². The Morgan fingerprint density at radius 2 is 2.06 bits per heavy atom. The third-order valence-corrected chi connectivity index (χ3v) is 2.80. The number of rotatable bonds is 3. The maximum Gasteiger partial charge on any atom is 0.267 e. The largest absolute Gasteiger partial charge is 0.455 e. The van der Waals surface area contributed by atoms with E-state index in [2.05, 4.69) is 17.0 Å². The summed E-state index contributed by atoms with van der Waals surface area (Å²) in [4.78, 5) is 4.39. The van der Waals surface area contributed by atoms with E-state index in [9.17, 15) is 0 Å². The third kappa shape index (κ3) is 1.84. The summed E-state index contributed by atoms with van der Waals surface area (Å²) in [5.41, 5.74) is 2.01. The van der Waals surface area contributed by atoms with Crippen molar-refractivity contribution < 1.29 is 9.47 Å². The molecule has 0 aliphatic carbocycles. The Balaban J connectivity index is 1.86. The fraction of sp³-hybridized carbons (Fsp3) is 0.231. The fourth-order valence-corrected chi connectivity index (χ4v) is 1.86. The number of aromatic nitrogens is 3. The molecule has 0 atom stereocenters. The first kappa shape index (κ1) is 10.8. The third-order valence-electron chi connectivity index (χ3n) is 2.80. The average molecular weight is 243 g/mol. The Kier molecular flexibility index (Phi) is 2.72. The molecule has 0 fully saturated rings. The van der Waals surface area contributed by atoms with Crippen LogP contribution in [0.4, 0.5) is 0 Å². The molecule has 18 heavy (non-hydrogen) atoms. The Morgan fingerprint density at radius 3 is 2.72 bits per heavy atom. The quantitative estimate of drug-likeness (QED) is 0.830. The second kappa shape index (κ2) is 4.52. The van der Waals surface area contributed by atoms with Gasteiger partial charge in [0.05, 0.1) is 5.56 Å². The van der Waals surface area contributed by atoms with Crippen LogP contribution < -0.4 is 0 Å². The van der Waals surface area contributed by atoms with Gasteiger partial charge in [0.15, 0.2) is 5.82 Å². The summed E-state index contributed by atoms with van der Waals surface area (Å²) in [6.45, 7) is 2.09. The summed E-state index contributed by atoms with van der Waals surface area (Å²) in [6.07, 6.45) is 7.12. The van der Waals surface area contributed by atoms with Crippen LogP contribution in [0.2, 0.25) is 0 Å². The van der Waals surface area contributed by atoms with E-state index in [-0.39, 0.29) is 6.29 Å². The van der Waals surface area contributed by atoms with Gasteiger partial charge in [0, 0.05) is 18.1 Å². The van der Waals surface area contributed by atoms with Gasteiger partial charge in [0.25, 0.3) is 6.29 Å². The molecule has 0 spiro atoms. The highest BCUT2D eigenvalue weighted by Crippen LogP contribution is 2.23. The van der Waals surface area contributed by atoms with Gasteiger partial charge in [-0.15, -0.1) is 0 Å². The molecule has 1 aliphatic heterocycles. The first-order chi connectivity index (χ1) is 8.88.